The van der Waals surface area contributed by atoms with Crippen LogP contribution in [0.1, 0.15) is 11.1 Å². The van der Waals surface area contributed by atoms with Crippen LogP contribution in [-0.4, -0.2) is 6.54 Å². The van der Waals surface area contributed by atoms with E-state index in [4.69, 9.17) is 5.73 Å². The van der Waals surface area contributed by atoms with Gasteiger partial charge < -0.3 is 5.73 Å². The molecule has 1 nitrogen and oxygen atoms in total. The van der Waals surface area contributed by atoms with Gasteiger partial charge in [-0.15, -0.1) is 0 Å². The first-order valence-electron chi connectivity index (χ1n) is 6.58. The Morgan fingerprint density at radius 2 is 1.62 bits per heavy atom. The van der Waals surface area contributed by atoms with Crippen molar-refractivity contribution >= 4 is 31.9 Å². The Morgan fingerprint density at radius 3 is 2.24 bits per heavy atom. The molecule has 112 valence electrons. The van der Waals surface area contributed by atoms with Gasteiger partial charge in [-0.05, 0) is 71.1 Å². The molecule has 2 N–H and O–H groups in total. The summed E-state index contributed by atoms with van der Waals surface area (Å²) in [5, 5.41) is 0. The summed E-state index contributed by atoms with van der Waals surface area (Å²) in [4.78, 5) is 0. The summed E-state index contributed by atoms with van der Waals surface area (Å²) in [7, 11) is 0. The molecule has 0 saturated heterocycles. The van der Waals surface area contributed by atoms with Gasteiger partial charge in [0.05, 0.1) is 4.47 Å². The zero-order valence-corrected chi connectivity index (χ0v) is 14.4. The predicted octanol–water partition coefficient (Wildman–Crippen LogP) is 4.85. The molecule has 0 spiro atoms. The van der Waals surface area contributed by atoms with E-state index in [1.165, 1.54) is 12.1 Å². The number of hydrogen-bond acceptors (Lipinski definition) is 1. The minimum atomic E-state index is -0.538. The van der Waals surface area contributed by atoms with Gasteiger partial charge in [-0.3, -0.25) is 0 Å². The van der Waals surface area contributed by atoms with Gasteiger partial charge in [-0.2, -0.15) is 0 Å². The zero-order chi connectivity index (χ0) is 15.4. The van der Waals surface area contributed by atoms with Crippen molar-refractivity contribution < 1.29 is 8.78 Å². The molecule has 0 heterocycles. The molecule has 21 heavy (non-hydrogen) atoms. The van der Waals surface area contributed by atoms with Crippen LogP contribution in [0.25, 0.3) is 0 Å². The summed E-state index contributed by atoms with van der Waals surface area (Å²) in [5.74, 6) is -1.07. The highest BCUT2D eigenvalue weighted by atomic mass is 79.9. The highest BCUT2D eigenvalue weighted by Crippen LogP contribution is 2.25. The molecule has 0 fully saturated rings. The van der Waals surface area contributed by atoms with E-state index in [1.54, 1.807) is 0 Å². The second-order valence-corrected chi connectivity index (χ2v) is 6.73. The lowest BCUT2D eigenvalue weighted by Gasteiger charge is -2.16. The van der Waals surface area contributed by atoms with Gasteiger partial charge in [0, 0.05) is 10.0 Å². The van der Waals surface area contributed by atoms with Gasteiger partial charge in [-0.25, -0.2) is 8.78 Å². The third kappa shape index (κ3) is 4.34. The first kappa shape index (κ1) is 16.6. The molecule has 0 amide bonds. The van der Waals surface area contributed by atoms with Crippen molar-refractivity contribution in [1.29, 1.82) is 0 Å². The number of hydrogen-bond donors (Lipinski definition) is 1. The molecule has 2 rings (SSSR count). The normalized spacial score (nSPS) is 12.4. The Morgan fingerprint density at radius 1 is 0.952 bits per heavy atom. The van der Waals surface area contributed by atoms with E-state index in [-0.39, 0.29) is 22.4 Å². The van der Waals surface area contributed by atoms with Gasteiger partial charge >= 0.3 is 0 Å². The van der Waals surface area contributed by atoms with Crippen molar-refractivity contribution in [3.8, 4) is 0 Å². The fraction of sp³-hybridized carbons (Fsp3) is 0.250. The van der Waals surface area contributed by atoms with E-state index in [1.807, 2.05) is 24.3 Å². The van der Waals surface area contributed by atoms with E-state index in [2.05, 4.69) is 31.9 Å². The summed E-state index contributed by atoms with van der Waals surface area (Å²) in [5.41, 5.74) is 6.97. The molecule has 1 atom stereocenters. The topological polar surface area (TPSA) is 26.0 Å². The van der Waals surface area contributed by atoms with Crippen LogP contribution in [0.3, 0.4) is 0 Å². The second kappa shape index (κ2) is 7.47. The van der Waals surface area contributed by atoms with E-state index in [0.717, 1.165) is 10.0 Å². The standard InChI is InChI=1S/C16H15Br2F2N/c17-12-3-1-10(2-4-12)7-11(9-21)8-13-15(19)6-5-14(18)16(13)20/h1-6,11H,7-9,21H2. The smallest absolute Gasteiger partial charge is 0.143 e. The Balaban J connectivity index is 2.16. The van der Waals surface area contributed by atoms with Gasteiger partial charge in [0.2, 0.25) is 0 Å². The van der Waals surface area contributed by atoms with Crippen LogP contribution in [0.4, 0.5) is 8.78 Å². The van der Waals surface area contributed by atoms with Crippen LogP contribution in [-0.2, 0) is 12.8 Å². The first-order chi connectivity index (χ1) is 10.0. The van der Waals surface area contributed by atoms with E-state index in [0.29, 0.717) is 13.0 Å². The Kier molecular flexibility index (Phi) is 5.90. The van der Waals surface area contributed by atoms with Crippen molar-refractivity contribution in [3.63, 3.8) is 0 Å². The van der Waals surface area contributed by atoms with Crippen molar-refractivity contribution in [2.45, 2.75) is 12.8 Å². The third-order valence-electron chi connectivity index (χ3n) is 3.40. The van der Waals surface area contributed by atoms with Crippen LogP contribution in [0.5, 0.6) is 0 Å². The Hall–Kier alpha value is -0.780. The molecule has 0 aliphatic rings. The maximum Gasteiger partial charge on any atom is 0.143 e. The molecule has 0 aliphatic carbocycles. The summed E-state index contributed by atoms with van der Waals surface area (Å²) >= 11 is 6.47. The maximum atomic E-state index is 14.0. The quantitative estimate of drug-likeness (QED) is 0.690. The fourth-order valence-electron chi connectivity index (χ4n) is 2.24. The molecule has 5 heteroatoms. The van der Waals surface area contributed by atoms with Gasteiger partial charge in [0.25, 0.3) is 0 Å². The van der Waals surface area contributed by atoms with E-state index >= 15 is 0 Å². The molecule has 0 aliphatic heterocycles. The number of halogens is 4. The van der Waals surface area contributed by atoms with Crippen LogP contribution >= 0.6 is 31.9 Å². The lowest BCUT2D eigenvalue weighted by atomic mass is 9.92. The van der Waals surface area contributed by atoms with Crippen molar-refractivity contribution in [1.82, 2.24) is 0 Å². The van der Waals surface area contributed by atoms with Gasteiger partial charge in [-0.1, -0.05) is 28.1 Å². The molecule has 2 aromatic carbocycles. The maximum absolute atomic E-state index is 14.0. The number of nitrogens with two attached hydrogens (primary N) is 1. The summed E-state index contributed by atoms with van der Waals surface area (Å²) in [6.07, 6.45) is 0.971. The Labute approximate surface area is 139 Å². The largest absolute Gasteiger partial charge is 0.330 e. The van der Waals surface area contributed by atoms with Crippen LogP contribution in [0.2, 0.25) is 0 Å². The number of benzene rings is 2. The molecule has 2 aromatic rings. The highest BCUT2D eigenvalue weighted by Gasteiger charge is 2.17. The molecule has 1 unspecified atom stereocenters. The molecule has 0 aromatic heterocycles. The van der Waals surface area contributed by atoms with Crippen LogP contribution in [0, 0.1) is 17.6 Å². The van der Waals surface area contributed by atoms with E-state index < -0.39 is 11.6 Å². The highest BCUT2D eigenvalue weighted by molar-refractivity contribution is 9.10. The Bertz CT molecular complexity index is 614. The van der Waals surface area contributed by atoms with Crippen LogP contribution in [0.15, 0.2) is 45.3 Å². The lowest BCUT2D eigenvalue weighted by Crippen LogP contribution is -2.20. The van der Waals surface area contributed by atoms with Crippen molar-refractivity contribution in [3.05, 3.63) is 68.1 Å². The van der Waals surface area contributed by atoms with Crippen molar-refractivity contribution in [2.24, 2.45) is 11.7 Å². The average molecular weight is 419 g/mol. The van der Waals surface area contributed by atoms with Gasteiger partial charge in [0.15, 0.2) is 0 Å². The second-order valence-electron chi connectivity index (χ2n) is 4.96. The fourth-order valence-corrected chi connectivity index (χ4v) is 2.87. The van der Waals surface area contributed by atoms with E-state index in [9.17, 15) is 8.78 Å². The summed E-state index contributed by atoms with van der Waals surface area (Å²) < 4.78 is 29.1. The molecule has 0 radical (unpaired) electrons. The minimum absolute atomic E-state index is 0.00974. The molecular formula is C16H15Br2F2N. The lowest BCUT2D eigenvalue weighted by molar-refractivity contribution is 0.483. The van der Waals surface area contributed by atoms with Crippen LogP contribution < -0.4 is 5.73 Å². The average Bonchev–Trinajstić information content (AvgIpc) is 2.48. The minimum Gasteiger partial charge on any atom is -0.330 e. The molecule has 0 bridgehead atoms. The molecular weight excluding hydrogens is 404 g/mol. The number of rotatable bonds is 5. The monoisotopic (exact) mass is 417 g/mol. The summed E-state index contributed by atoms with van der Waals surface area (Å²) in [6.45, 7) is 0.376. The SMILES string of the molecule is NCC(Cc1ccc(Br)cc1)Cc1c(F)ccc(Br)c1F. The van der Waals surface area contributed by atoms with Crippen molar-refractivity contribution in [2.75, 3.05) is 6.54 Å². The predicted molar refractivity (Wildman–Crippen MR) is 88.2 cm³/mol. The van der Waals surface area contributed by atoms with Gasteiger partial charge in [0.1, 0.15) is 11.6 Å². The summed E-state index contributed by atoms with van der Waals surface area (Å²) in [6, 6.07) is 10.5. The molecule has 0 saturated carbocycles. The first-order valence-corrected chi connectivity index (χ1v) is 8.16. The third-order valence-corrected chi connectivity index (χ3v) is 4.54. The zero-order valence-electron chi connectivity index (χ0n) is 11.3.